The minimum absolute atomic E-state index is 0.154. The predicted octanol–water partition coefficient (Wildman–Crippen LogP) is 2.95. The fourth-order valence-electron chi connectivity index (χ4n) is 5.00. The Balaban J connectivity index is 1.09. The highest BCUT2D eigenvalue weighted by molar-refractivity contribution is 7.89. The van der Waals surface area contributed by atoms with Crippen molar-refractivity contribution < 1.29 is 17.9 Å². The molecule has 1 N–H and O–H groups in total. The summed E-state index contributed by atoms with van der Waals surface area (Å²) in [5.74, 6) is -0.203. The lowest BCUT2D eigenvalue weighted by Gasteiger charge is -2.34. The summed E-state index contributed by atoms with van der Waals surface area (Å²) in [6.07, 6.45) is -0.309. The van der Waals surface area contributed by atoms with Crippen LogP contribution in [0.3, 0.4) is 0 Å². The van der Waals surface area contributed by atoms with Gasteiger partial charge in [0.1, 0.15) is 0 Å². The van der Waals surface area contributed by atoms with E-state index in [1.54, 1.807) is 23.5 Å². The lowest BCUT2D eigenvalue weighted by molar-refractivity contribution is -0.0440. The number of nitrogens with zero attached hydrogens (tertiary/aromatic N) is 4. The van der Waals surface area contributed by atoms with Gasteiger partial charge in [-0.2, -0.15) is 4.31 Å². The van der Waals surface area contributed by atoms with E-state index in [2.05, 4.69) is 40.2 Å². The zero-order valence-electron chi connectivity index (χ0n) is 22.1. The molecule has 0 spiro atoms. The van der Waals surface area contributed by atoms with E-state index in [-0.39, 0.29) is 23.0 Å². The number of hydrogen-bond donors (Lipinski definition) is 1. The van der Waals surface area contributed by atoms with Gasteiger partial charge in [-0.15, -0.1) is 0 Å². The molecule has 2 aliphatic rings. The van der Waals surface area contributed by atoms with Crippen molar-refractivity contribution in [3.63, 3.8) is 0 Å². The summed E-state index contributed by atoms with van der Waals surface area (Å²) >= 11 is 1.74. The van der Waals surface area contributed by atoms with Crippen molar-refractivity contribution in [3.8, 4) is 0 Å². The number of rotatable bonds is 7. The number of amides is 1. The number of sulfonamides is 1. The molecule has 204 valence electrons. The number of carbonyl (C=O) groups is 1. The third-order valence-electron chi connectivity index (χ3n) is 7.03. The second-order valence-electron chi connectivity index (χ2n) is 10.2. The van der Waals surface area contributed by atoms with Crippen LogP contribution in [-0.2, 0) is 14.8 Å². The molecule has 0 radical (unpaired) electrons. The zero-order chi connectivity index (χ0) is 26.9. The van der Waals surface area contributed by atoms with Gasteiger partial charge >= 0.3 is 0 Å². The van der Waals surface area contributed by atoms with E-state index in [4.69, 9.17) is 9.72 Å². The molecule has 5 rings (SSSR count). The molecule has 0 bridgehead atoms. The number of aromatic nitrogens is 1. The molecular weight excluding hydrogens is 522 g/mol. The smallest absolute Gasteiger partial charge is 0.251 e. The summed E-state index contributed by atoms with van der Waals surface area (Å²) in [5.41, 5.74) is 2.75. The third kappa shape index (κ3) is 6.02. The molecule has 3 heterocycles. The predicted molar refractivity (Wildman–Crippen MR) is 151 cm³/mol. The van der Waals surface area contributed by atoms with E-state index >= 15 is 0 Å². The number of nitrogens with one attached hydrogen (secondary N) is 1. The molecule has 3 aromatic rings. The quantitative estimate of drug-likeness (QED) is 0.477. The third-order valence-corrected chi connectivity index (χ3v) is 9.95. The van der Waals surface area contributed by atoms with Gasteiger partial charge in [0, 0.05) is 57.9 Å². The first-order valence-corrected chi connectivity index (χ1v) is 15.3. The number of ether oxygens (including phenoxy) is 1. The minimum Gasteiger partial charge on any atom is -0.373 e. The molecule has 1 amide bonds. The highest BCUT2D eigenvalue weighted by Gasteiger charge is 2.32. The van der Waals surface area contributed by atoms with Crippen molar-refractivity contribution >= 4 is 42.6 Å². The fourth-order valence-corrected chi connectivity index (χ4v) is 7.71. The van der Waals surface area contributed by atoms with E-state index in [1.165, 1.54) is 26.7 Å². The molecule has 2 fully saturated rings. The Morgan fingerprint density at radius 1 is 1.05 bits per heavy atom. The molecule has 1 aromatic heterocycles. The number of benzene rings is 2. The van der Waals surface area contributed by atoms with Gasteiger partial charge in [-0.1, -0.05) is 17.4 Å². The zero-order valence-corrected chi connectivity index (χ0v) is 23.7. The maximum Gasteiger partial charge on any atom is 0.251 e. The Kier molecular flexibility index (Phi) is 8.01. The number of anilines is 1. The Labute approximate surface area is 228 Å². The van der Waals surface area contributed by atoms with Gasteiger partial charge in [-0.25, -0.2) is 13.4 Å². The van der Waals surface area contributed by atoms with Crippen LogP contribution in [0.4, 0.5) is 5.13 Å². The molecule has 9 nitrogen and oxygen atoms in total. The van der Waals surface area contributed by atoms with Crippen LogP contribution in [0.15, 0.2) is 47.4 Å². The largest absolute Gasteiger partial charge is 0.373 e. The summed E-state index contributed by atoms with van der Waals surface area (Å²) in [5, 5.41) is 4.04. The van der Waals surface area contributed by atoms with Crippen LogP contribution in [0, 0.1) is 6.92 Å². The highest BCUT2D eigenvalue weighted by Crippen LogP contribution is 2.30. The molecule has 2 atom stereocenters. The Hall–Kier alpha value is -2.57. The summed E-state index contributed by atoms with van der Waals surface area (Å²) in [4.78, 5) is 22.3. The average molecular weight is 558 g/mol. The van der Waals surface area contributed by atoms with Gasteiger partial charge in [0.25, 0.3) is 5.91 Å². The monoisotopic (exact) mass is 557 g/mol. The molecule has 0 saturated carbocycles. The maximum atomic E-state index is 13.0. The Morgan fingerprint density at radius 2 is 1.74 bits per heavy atom. The van der Waals surface area contributed by atoms with Crippen LogP contribution in [0.5, 0.6) is 0 Å². The first kappa shape index (κ1) is 27.0. The van der Waals surface area contributed by atoms with Crippen LogP contribution >= 0.6 is 11.3 Å². The topological polar surface area (TPSA) is 95.1 Å². The average Bonchev–Trinajstić information content (AvgIpc) is 3.32. The second kappa shape index (κ2) is 11.3. The number of hydrogen-bond acceptors (Lipinski definition) is 8. The summed E-state index contributed by atoms with van der Waals surface area (Å²) in [6.45, 7) is 11.4. The number of aryl methyl sites for hydroxylation is 1. The molecule has 2 aromatic carbocycles. The number of thiazole rings is 1. The lowest BCUT2D eigenvalue weighted by atomic mass is 10.2. The summed E-state index contributed by atoms with van der Waals surface area (Å²) < 4.78 is 34.4. The van der Waals surface area contributed by atoms with Gasteiger partial charge in [-0.05, 0) is 62.7 Å². The number of fused-ring (bicyclic) bond motifs is 1. The molecule has 38 heavy (non-hydrogen) atoms. The molecule has 2 saturated heterocycles. The lowest BCUT2D eigenvalue weighted by Crippen LogP contribution is -2.48. The van der Waals surface area contributed by atoms with Gasteiger partial charge in [0.05, 0.1) is 27.3 Å². The van der Waals surface area contributed by atoms with Crippen molar-refractivity contribution in [2.24, 2.45) is 0 Å². The summed E-state index contributed by atoms with van der Waals surface area (Å²) in [6, 6.07) is 12.5. The van der Waals surface area contributed by atoms with Gasteiger partial charge in [-0.3, -0.25) is 9.69 Å². The number of piperazine rings is 1. The highest BCUT2D eigenvalue weighted by atomic mass is 32.2. The van der Waals surface area contributed by atoms with E-state index < -0.39 is 10.0 Å². The first-order chi connectivity index (χ1) is 18.2. The van der Waals surface area contributed by atoms with E-state index in [9.17, 15) is 13.2 Å². The van der Waals surface area contributed by atoms with Crippen LogP contribution in [-0.4, -0.2) is 93.1 Å². The van der Waals surface area contributed by atoms with Crippen LogP contribution in [0.2, 0.25) is 0 Å². The maximum absolute atomic E-state index is 13.0. The van der Waals surface area contributed by atoms with Gasteiger partial charge < -0.3 is 15.0 Å². The number of morpholine rings is 1. The van der Waals surface area contributed by atoms with Gasteiger partial charge in [0.15, 0.2) is 5.13 Å². The van der Waals surface area contributed by atoms with Crippen molar-refractivity contribution in [2.45, 2.75) is 37.9 Å². The SMILES string of the molecule is Cc1ccc2nc(N3CCN(CCNC(=O)c4ccc(S(=O)(=O)N5CC(C)OC(C)C5)cc4)CC3)sc2c1. The Bertz CT molecular complexity index is 1370. The second-order valence-corrected chi connectivity index (χ2v) is 13.1. The van der Waals surface area contributed by atoms with Crippen molar-refractivity contribution in [1.82, 2.24) is 19.5 Å². The number of carbonyl (C=O) groups excluding carboxylic acids is 1. The molecular formula is C27H35N5O4S2. The van der Waals surface area contributed by atoms with Crippen LogP contribution in [0.1, 0.15) is 29.8 Å². The summed E-state index contributed by atoms with van der Waals surface area (Å²) in [7, 11) is -3.63. The van der Waals surface area contributed by atoms with E-state index in [0.717, 1.165) is 43.4 Å². The van der Waals surface area contributed by atoms with Crippen LogP contribution < -0.4 is 10.2 Å². The van der Waals surface area contributed by atoms with Crippen molar-refractivity contribution in [3.05, 3.63) is 53.6 Å². The normalized spacial score (nSPS) is 21.6. The Morgan fingerprint density at radius 3 is 2.42 bits per heavy atom. The van der Waals surface area contributed by atoms with Crippen molar-refractivity contribution in [1.29, 1.82) is 0 Å². The molecule has 11 heteroatoms. The minimum atomic E-state index is -3.63. The molecule has 2 aliphatic heterocycles. The molecule has 2 unspecified atom stereocenters. The van der Waals surface area contributed by atoms with Crippen LogP contribution in [0.25, 0.3) is 10.2 Å². The van der Waals surface area contributed by atoms with E-state index in [1.807, 2.05) is 13.8 Å². The molecule has 0 aliphatic carbocycles. The first-order valence-electron chi connectivity index (χ1n) is 13.1. The standard InChI is InChI=1S/C27H35N5O4S2/c1-19-4-9-24-25(16-19)37-27(29-24)31-14-12-30(13-15-31)11-10-28-26(33)22-5-7-23(8-6-22)38(34,35)32-17-20(2)36-21(3)18-32/h4-9,16,20-21H,10-15,17-18H2,1-3H3,(H,28,33). The van der Waals surface area contributed by atoms with Crippen molar-refractivity contribution in [2.75, 3.05) is 57.3 Å². The van der Waals surface area contributed by atoms with E-state index in [0.29, 0.717) is 25.2 Å². The van der Waals surface area contributed by atoms with Gasteiger partial charge in [0.2, 0.25) is 10.0 Å². The fraction of sp³-hybridized carbons (Fsp3) is 0.481.